The first-order chi connectivity index (χ1) is 6.91. The number of carboxylic acids is 1. The molecule has 0 aromatic heterocycles. The summed E-state index contributed by atoms with van der Waals surface area (Å²) in [5, 5.41) is 8.75. The summed E-state index contributed by atoms with van der Waals surface area (Å²) in [4.78, 5) is 10.7. The van der Waals surface area contributed by atoms with Crippen LogP contribution in [0.3, 0.4) is 0 Å². The maximum absolute atomic E-state index is 13.2. The molecule has 15 heavy (non-hydrogen) atoms. The Morgan fingerprint density at radius 3 is 2.80 bits per heavy atom. The SMILES string of the molecule is Nc1c(C(=O)O)ccc2c1OC(F)(P)O2. The minimum atomic E-state index is -2.38. The summed E-state index contributed by atoms with van der Waals surface area (Å²) in [6, 6.07) is 2.52. The van der Waals surface area contributed by atoms with Crippen molar-refractivity contribution in [2.75, 3.05) is 5.73 Å². The number of rotatable bonds is 1. The van der Waals surface area contributed by atoms with Crippen LogP contribution in [0.2, 0.25) is 0 Å². The highest BCUT2D eigenvalue weighted by Gasteiger charge is 2.39. The molecule has 0 amide bonds. The smallest absolute Gasteiger partial charge is 0.418 e. The van der Waals surface area contributed by atoms with E-state index in [4.69, 9.17) is 20.3 Å². The number of carbonyl (C=O) groups is 1. The maximum atomic E-state index is 13.2. The number of benzene rings is 1. The number of fused-ring (bicyclic) bond motifs is 1. The lowest BCUT2D eigenvalue weighted by molar-refractivity contribution is -0.104. The van der Waals surface area contributed by atoms with Crippen LogP contribution in [0.4, 0.5) is 10.1 Å². The lowest BCUT2D eigenvalue weighted by Gasteiger charge is -2.10. The summed E-state index contributed by atoms with van der Waals surface area (Å²) in [6.07, 6.45) is 0. The number of ether oxygens (including phenoxy) is 2. The fourth-order valence-electron chi connectivity index (χ4n) is 1.26. The Morgan fingerprint density at radius 1 is 1.53 bits per heavy atom. The van der Waals surface area contributed by atoms with Gasteiger partial charge in [0.05, 0.1) is 11.3 Å². The number of aromatic carboxylic acids is 1. The van der Waals surface area contributed by atoms with E-state index in [9.17, 15) is 9.18 Å². The van der Waals surface area contributed by atoms with Crippen LogP contribution in [0.5, 0.6) is 11.5 Å². The van der Waals surface area contributed by atoms with Crippen LogP contribution in [0.25, 0.3) is 0 Å². The van der Waals surface area contributed by atoms with Crippen LogP contribution in [-0.2, 0) is 0 Å². The molecule has 5 nitrogen and oxygen atoms in total. The van der Waals surface area contributed by atoms with Crippen molar-refractivity contribution in [2.24, 2.45) is 0 Å². The average Bonchev–Trinajstić information content (AvgIpc) is 2.40. The molecule has 1 aliphatic heterocycles. The Hall–Kier alpha value is -1.55. The molecule has 1 heterocycles. The quantitative estimate of drug-likeness (QED) is 0.560. The predicted octanol–water partition coefficient (Wildman–Crippen LogP) is 1.19. The largest absolute Gasteiger partial charge is 0.478 e. The van der Waals surface area contributed by atoms with Crippen molar-refractivity contribution in [3.8, 4) is 11.5 Å². The summed E-state index contributed by atoms with van der Waals surface area (Å²) in [5.41, 5.74) is 5.19. The fraction of sp³-hybridized carbons (Fsp3) is 0.125. The topological polar surface area (TPSA) is 81.8 Å². The highest BCUT2D eigenvalue weighted by Crippen LogP contribution is 2.47. The zero-order chi connectivity index (χ0) is 11.2. The standard InChI is InChI=1S/C8H7FNO4P/c9-8(15)13-4-2-1-3(7(11)12)5(10)6(4)14-8/h1-2H,10,15H2,(H,11,12). The summed E-state index contributed by atoms with van der Waals surface area (Å²) >= 11 is 0. The van der Waals surface area contributed by atoms with Crippen molar-refractivity contribution in [3.05, 3.63) is 17.7 Å². The van der Waals surface area contributed by atoms with Gasteiger partial charge in [-0.15, -0.1) is 0 Å². The number of anilines is 1. The average molecular weight is 231 g/mol. The molecule has 1 aromatic carbocycles. The molecule has 2 unspecified atom stereocenters. The predicted molar refractivity (Wildman–Crippen MR) is 52.6 cm³/mol. The van der Waals surface area contributed by atoms with Gasteiger partial charge in [0.25, 0.3) is 0 Å². The first-order valence-corrected chi connectivity index (χ1v) is 4.50. The van der Waals surface area contributed by atoms with Gasteiger partial charge in [0.2, 0.25) is 0 Å². The van der Waals surface area contributed by atoms with Crippen molar-refractivity contribution in [3.63, 3.8) is 0 Å². The first-order valence-electron chi connectivity index (χ1n) is 3.92. The summed E-state index contributed by atoms with van der Waals surface area (Å²) in [6.45, 7) is 0. The molecule has 0 radical (unpaired) electrons. The van der Waals surface area contributed by atoms with Gasteiger partial charge in [-0.05, 0) is 21.4 Å². The molecule has 3 N–H and O–H groups in total. The van der Waals surface area contributed by atoms with Crippen LogP contribution < -0.4 is 15.2 Å². The molecule has 1 aromatic rings. The van der Waals surface area contributed by atoms with Crippen molar-refractivity contribution in [1.82, 2.24) is 0 Å². The van der Waals surface area contributed by atoms with Crippen LogP contribution in [0, 0.1) is 0 Å². The molecule has 0 saturated carbocycles. The third kappa shape index (κ3) is 1.57. The van der Waals surface area contributed by atoms with E-state index in [-0.39, 0.29) is 22.7 Å². The van der Waals surface area contributed by atoms with Crippen molar-refractivity contribution in [2.45, 2.75) is 5.78 Å². The molecule has 2 rings (SSSR count). The molecular formula is C8H7FNO4P. The molecule has 2 atom stereocenters. The first kappa shape index (κ1) is 9.98. The zero-order valence-electron chi connectivity index (χ0n) is 7.36. The van der Waals surface area contributed by atoms with Crippen LogP contribution in [0.1, 0.15) is 10.4 Å². The van der Waals surface area contributed by atoms with Gasteiger partial charge in [-0.2, -0.15) is 4.39 Å². The third-order valence-corrected chi connectivity index (χ3v) is 2.12. The van der Waals surface area contributed by atoms with E-state index in [1.54, 1.807) is 9.24 Å². The van der Waals surface area contributed by atoms with Crippen molar-refractivity contribution >= 4 is 20.9 Å². The van der Waals surface area contributed by atoms with E-state index >= 15 is 0 Å². The number of nitrogens with two attached hydrogens (primary N) is 1. The number of hydrogen-bond donors (Lipinski definition) is 2. The maximum Gasteiger partial charge on any atom is 0.418 e. The second-order valence-electron chi connectivity index (χ2n) is 2.95. The van der Waals surface area contributed by atoms with E-state index in [1.165, 1.54) is 12.1 Å². The Bertz CT molecular complexity index is 449. The molecule has 0 fully saturated rings. The molecule has 0 saturated heterocycles. The van der Waals surface area contributed by atoms with Crippen molar-refractivity contribution < 1.29 is 23.8 Å². The Morgan fingerprint density at radius 2 is 2.20 bits per heavy atom. The van der Waals surface area contributed by atoms with Gasteiger partial charge in [-0.3, -0.25) is 0 Å². The minimum Gasteiger partial charge on any atom is -0.478 e. The van der Waals surface area contributed by atoms with E-state index in [2.05, 4.69) is 0 Å². The number of nitrogen functional groups attached to an aromatic ring is 1. The van der Waals surface area contributed by atoms with Gasteiger partial charge >= 0.3 is 11.8 Å². The lowest BCUT2D eigenvalue weighted by atomic mass is 10.1. The number of hydrogen-bond acceptors (Lipinski definition) is 4. The molecule has 1 aliphatic rings. The highest BCUT2D eigenvalue weighted by molar-refractivity contribution is 7.18. The van der Waals surface area contributed by atoms with Crippen molar-refractivity contribution in [1.29, 1.82) is 0 Å². The number of halogens is 1. The molecule has 7 heteroatoms. The fourth-order valence-corrected chi connectivity index (χ4v) is 1.51. The van der Waals surface area contributed by atoms with Gasteiger partial charge in [-0.25, -0.2) is 4.79 Å². The third-order valence-electron chi connectivity index (χ3n) is 1.88. The molecule has 0 bridgehead atoms. The van der Waals surface area contributed by atoms with E-state index in [1.807, 2.05) is 0 Å². The van der Waals surface area contributed by atoms with E-state index < -0.39 is 11.8 Å². The van der Waals surface area contributed by atoms with Gasteiger partial charge in [0.1, 0.15) is 0 Å². The molecule has 80 valence electrons. The minimum absolute atomic E-state index is 0.0787. The summed E-state index contributed by atoms with van der Waals surface area (Å²) < 4.78 is 22.6. The second kappa shape index (κ2) is 2.97. The van der Waals surface area contributed by atoms with Gasteiger partial charge in [-0.1, -0.05) is 0 Å². The lowest BCUT2D eigenvalue weighted by Crippen LogP contribution is -2.23. The van der Waals surface area contributed by atoms with Crippen LogP contribution in [-0.4, -0.2) is 16.9 Å². The Labute approximate surface area is 86.2 Å². The van der Waals surface area contributed by atoms with Gasteiger partial charge in [0.15, 0.2) is 11.5 Å². The summed E-state index contributed by atoms with van der Waals surface area (Å²) in [7, 11) is 1.70. The summed E-state index contributed by atoms with van der Waals surface area (Å²) in [5.74, 6) is -3.60. The van der Waals surface area contributed by atoms with E-state index in [0.29, 0.717) is 0 Å². The second-order valence-corrected chi connectivity index (χ2v) is 3.64. The number of carboxylic acid groups (broad SMARTS) is 1. The van der Waals surface area contributed by atoms with E-state index in [0.717, 1.165) is 0 Å². The Kier molecular flexibility index (Phi) is 1.98. The zero-order valence-corrected chi connectivity index (χ0v) is 8.51. The van der Waals surface area contributed by atoms with Crippen LogP contribution >= 0.6 is 9.24 Å². The highest BCUT2D eigenvalue weighted by atomic mass is 31.0. The molecule has 0 aliphatic carbocycles. The van der Waals surface area contributed by atoms with Gasteiger partial charge in [0, 0.05) is 0 Å². The van der Waals surface area contributed by atoms with Crippen LogP contribution in [0.15, 0.2) is 12.1 Å². The monoisotopic (exact) mass is 231 g/mol. The number of alkyl halides is 1. The molecular weight excluding hydrogens is 224 g/mol. The van der Waals surface area contributed by atoms with Gasteiger partial charge < -0.3 is 20.3 Å². The molecule has 0 spiro atoms. The normalized spacial score (nSPS) is 22.8. The Balaban J connectivity index is 2.53.